The van der Waals surface area contributed by atoms with Gasteiger partial charge in [0.05, 0.1) is 5.69 Å². The third-order valence-electron chi connectivity index (χ3n) is 5.03. The maximum Gasteiger partial charge on any atom is 0.178 e. The second kappa shape index (κ2) is 6.48. The van der Waals surface area contributed by atoms with Gasteiger partial charge in [-0.15, -0.1) is 0 Å². The summed E-state index contributed by atoms with van der Waals surface area (Å²) in [5, 5.41) is 0.735. The summed E-state index contributed by atoms with van der Waals surface area (Å²) >= 11 is 6.08. The topological polar surface area (TPSA) is 38.7 Å². The van der Waals surface area contributed by atoms with Crippen molar-refractivity contribution in [2.75, 3.05) is 0 Å². The molecule has 1 aliphatic carbocycles. The Morgan fingerprint density at radius 2 is 1.73 bits per heavy atom. The summed E-state index contributed by atoms with van der Waals surface area (Å²) in [4.78, 5) is 14.5. The van der Waals surface area contributed by atoms with Gasteiger partial charge in [0.2, 0.25) is 0 Å². The van der Waals surface area contributed by atoms with E-state index in [0.29, 0.717) is 5.82 Å². The summed E-state index contributed by atoms with van der Waals surface area (Å²) in [6.07, 6.45) is 3.11. The van der Waals surface area contributed by atoms with Crippen molar-refractivity contribution in [2.24, 2.45) is 5.41 Å². The lowest BCUT2D eigenvalue weighted by Crippen LogP contribution is -2.24. The normalized spacial score (nSPS) is 15.5. The smallest absolute Gasteiger partial charge is 0.178 e. The molecular weight excluding hydrogens is 342 g/mol. The van der Waals surface area contributed by atoms with Crippen molar-refractivity contribution < 1.29 is 0 Å². The lowest BCUT2D eigenvalue weighted by Gasteiger charge is -2.31. The number of fused-ring (bicyclic) bond motifs is 1. The Morgan fingerprint density at radius 1 is 0.962 bits per heavy atom. The zero-order valence-electron chi connectivity index (χ0n) is 15.4. The number of hydrogen-bond donors (Lipinski definition) is 0. The quantitative estimate of drug-likeness (QED) is 0.587. The first kappa shape index (κ1) is 17.2. The zero-order chi connectivity index (χ0) is 18.3. The van der Waals surface area contributed by atoms with E-state index in [1.54, 1.807) is 0 Å². The minimum absolute atomic E-state index is 0.260. The van der Waals surface area contributed by atoms with Crippen LogP contribution in [0.3, 0.4) is 0 Å². The van der Waals surface area contributed by atoms with Gasteiger partial charge in [-0.2, -0.15) is 0 Å². The Balaban J connectivity index is 1.92. The van der Waals surface area contributed by atoms with Crippen molar-refractivity contribution in [1.29, 1.82) is 0 Å². The fraction of sp³-hybridized carbons (Fsp3) is 0.318. The Morgan fingerprint density at radius 3 is 2.46 bits per heavy atom. The average Bonchev–Trinajstić information content (AvgIpc) is 2.60. The van der Waals surface area contributed by atoms with Gasteiger partial charge < -0.3 is 0 Å². The Kier molecular flexibility index (Phi) is 4.28. The van der Waals surface area contributed by atoms with Crippen LogP contribution in [0.1, 0.15) is 37.2 Å². The van der Waals surface area contributed by atoms with Crippen LogP contribution in [-0.4, -0.2) is 15.0 Å². The van der Waals surface area contributed by atoms with E-state index in [-0.39, 0.29) is 5.41 Å². The molecule has 0 spiro atoms. The van der Waals surface area contributed by atoms with Crippen molar-refractivity contribution in [3.8, 4) is 22.8 Å². The van der Waals surface area contributed by atoms with E-state index in [0.717, 1.165) is 52.6 Å². The molecule has 0 saturated heterocycles. The molecule has 0 amide bonds. The Labute approximate surface area is 159 Å². The lowest BCUT2D eigenvalue weighted by atomic mass is 9.75. The first-order valence-corrected chi connectivity index (χ1v) is 9.39. The van der Waals surface area contributed by atoms with Crippen LogP contribution in [0.15, 0.2) is 42.5 Å². The Hall–Kier alpha value is -2.26. The molecule has 0 saturated carbocycles. The highest BCUT2D eigenvalue weighted by Gasteiger charge is 2.29. The zero-order valence-corrected chi connectivity index (χ0v) is 16.1. The van der Waals surface area contributed by atoms with E-state index in [9.17, 15) is 0 Å². The van der Waals surface area contributed by atoms with E-state index in [2.05, 4.69) is 18.8 Å². The van der Waals surface area contributed by atoms with Crippen LogP contribution in [0.5, 0.6) is 0 Å². The standard InChI is InChI=1S/C22H22ClN3/c1-14-5-4-6-18(24-14)21-25-19-13-22(2,3)12-11-17(19)20(26-21)15-7-9-16(23)10-8-15/h4-10H,11-13H2,1-3H3. The molecule has 132 valence electrons. The molecule has 0 N–H and O–H groups in total. The first-order valence-electron chi connectivity index (χ1n) is 9.01. The summed E-state index contributed by atoms with van der Waals surface area (Å²) in [6.45, 7) is 6.61. The van der Waals surface area contributed by atoms with Gasteiger partial charge in [-0.1, -0.05) is 43.6 Å². The van der Waals surface area contributed by atoms with Gasteiger partial charge in [0.1, 0.15) is 5.69 Å². The molecule has 2 aromatic heterocycles. The number of aromatic nitrogens is 3. The second-order valence-electron chi connectivity index (χ2n) is 7.83. The predicted octanol–water partition coefficient (Wildman–Crippen LogP) is 5.68. The van der Waals surface area contributed by atoms with Crippen LogP contribution in [0.2, 0.25) is 5.02 Å². The molecule has 0 atom stereocenters. The summed E-state index contributed by atoms with van der Waals surface area (Å²) in [5.74, 6) is 0.704. The molecule has 3 aromatic rings. The summed E-state index contributed by atoms with van der Waals surface area (Å²) in [6, 6.07) is 13.9. The van der Waals surface area contributed by atoms with E-state index in [1.807, 2.05) is 49.4 Å². The molecule has 0 unspecified atom stereocenters. The van der Waals surface area contributed by atoms with Crippen molar-refractivity contribution in [1.82, 2.24) is 15.0 Å². The average molecular weight is 364 g/mol. The number of pyridine rings is 1. The monoisotopic (exact) mass is 363 g/mol. The third kappa shape index (κ3) is 3.36. The van der Waals surface area contributed by atoms with Crippen molar-refractivity contribution >= 4 is 11.6 Å². The first-order chi connectivity index (χ1) is 12.4. The predicted molar refractivity (Wildman–Crippen MR) is 106 cm³/mol. The molecule has 4 rings (SSSR count). The van der Waals surface area contributed by atoms with E-state index in [4.69, 9.17) is 21.6 Å². The van der Waals surface area contributed by atoms with E-state index in [1.165, 1.54) is 5.56 Å². The molecule has 2 heterocycles. The summed E-state index contributed by atoms with van der Waals surface area (Å²) in [5.41, 5.74) is 6.57. The molecule has 0 radical (unpaired) electrons. The number of aryl methyl sites for hydroxylation is 1. The molecule has 26 heavy (non-hydrogen) atoms. The number of hydrogen-bond acceptors (Lipinski definition) is 3. The van der Waals surface area contributed by atoms with Gasteiger partial charge in [-0.3, -0.25) is 0 Å². The van der Waals surface area contributed by atoms with Gasteiger partial charge in [0.25, 0.3) is 0 Å². The largest absolute Gasteiger partial charge is 0.250 e. The maximum atomic E-state index is 6.08. The van der Waals surface area contributed by atoms with E-state index < -0.39 is 0 Å². The Bertz CT molecular complexity index is 962. The minimum atomic E-state index is 0.260. The molecule has 0 aliphatic heterocycles. The van der Waals surface area contributed by atoms with Gasteiger partial charge in [0.15, 0.2) is 5.82 Å². The highest BCUT2D eigenvalue weighted by atomic mass is 35.5. The van der Waals surface area contributed by atoms with Crippen LogP contribution < -0.4 is 0 Å². The molecule has 3 nitrogen and oxygen atoms in total. The van der Waals surface area contributed by atoms with Gasteiger partial charge >= 0.3 is 0 Å². The molecule has 4 heteroatoms. The van der Waals surface area contributed by atoms with Gasteiger partial charge in [0, 0.05) is 27.5 Å². The van der Waals surface area contributed by atoms with E-state index >= 15 is 0 Å². The van der Waals surface area contributed by atoms with Gasteiger partial charge in [-0.25, -0.2) is 15.0 Å². The van der Waals surface area contributed by atoms with Crippen LogP contribution in [0.4, 0.5) is 0 Å². The second-order valence-corrected chi connectivity index (χ2v) is 8.27. The number of nitrogens with zero attached hydrogens (tertiary/aromatic N) is 3. The highest BCUT2D eigenvalue weighted by molar-refractivity contribution is 6.30. The summed E-state index contributed by atoms with van der Waals surface area (Å²) in [7, 11) is 0. The number of halogens is 1. The molecule has 0 bridgehead atoms. The fourth-order valence-electron chi connectivity index (χ4n) is 3.57. The van der Waals surface area contributed by atoms with Crippen LogP contribution in [0.25, 0.3) is 22.8 Å². The summed E-state index contributed by atoms with van der Waals surface area (Å²) < 4.78 is 0. The van der Waals surface area contributed by atoms with Crippen molar-refractivity contribution in [2.45, 2.75) is 40.0 Å². The van der Waals surface area contributed by atoms with Crippen LogP contribution in [0, 0.1) is 12.3 Å². The SMILES string of the molecule is Cc1cccc(-c2nc3c(c(-c4ccc(Cl)cc4)n2)CCC(C)(C)C3)n1. The van der Waals surface area contributed by atoms with Crippen molar-refractivity contribution in [3.63, 3.8) is 0 Å². The molecular formula is C22H22ClN3. The maximum absolute atomic E-state index is 6.08. The molecule has 0 fully saturated rings. The van der Waals surface area contributed by atoms with Gasteiger partial charge in [-0.05, 0) is 55.9 Å². The van der Waals surface area contributed by atoms with Crippen LogP contribution >= 0.6 is 11.6 Å². The van der Waals surface area contributed by atoms with Crippen molar-refractivity contribution in [3.05, 3.63) is 64.4 Å². The fourth-order valence-corrected chi connectivity index (χ4v) is 3.70. The number of rotatable bonds is 2. The third-order valence-corrected chi connectivity index (χ3v) is 5.28. The van der Waals surface area contributed by atoms with Crippen LogP contribution in [-0.2, 0) is 12.8 Å². The minimum Gasteiger partial charge on any atom is -0.250 e. The lowest BCUT2D eigenvalue weighted by molar-refractivity contribution is 0.310. The molecule has 1 aromatic carbocycles. The molecule has 1 aliphatic rings. The highest BCUT2D eigenvalue weighted by Crippen LogP contribution is 2.38. The number of benzene rings is 1.